The molecule has 0 aromatic heterocycles. The Morgan fingerprint density at radius 2 is 1.34 bits per heavy atom. The third kappa shape index (κ3) is 9.47. The summed E-state index contributed by atoms with van der Waals surface area (Å²) in [6.45, 7) is 18.4. The van der Waals surface area contributed by atoms with E-state index >= 15 is 4.79 Å². The monoisotopic (exact) mass is 820 g/mol. The minimum atomic E-state index is -3.23. The number of ketones is 1. The van der Waals surface area contributed by atoms with E-state index < -0.39 is 50.9 Å². The van der Waals surface area contributed by atoms with E-state index in [0.717, 1.165) is 15.9 Å². The molecule has 0 bridgehead atoms. The van der Waals surface area contributed by atoms with Gasteiger partial charge < -0.3 is 18.8 Å². The van der Waals surface area contributed by atoms with E-state index in [1.54, 1.807) is 49.9 Å². The van der Waals surface area contributed by atoms with Crippen LogP contribution in [0, 0.1) is 5.92 Å². The summed E-state index contributed by atoms with van der Waals surface area (Å²) in [6.07, 6.45) is 0.141. The van der Waals surface area contributed by atoms with Gasteiger partial charge in [0.1, 0.15) is 17.6 Å². The lowest BCUT2D eigenvalue weighted by molar-refractivity contribution is -0.156. The molecule has 58 heavy (non-hydrogen) atoms. The van der Waals surface area contributed by atoms with Gasteiger partial charge in [0.05, 0.1) is 18.1 Å². The molecule has 0 spiro atoms. The number of anilines is 1. The fraction of sp³-hybridized carbons (Fsp3) is 0.340. The Hall–Kier alpha value is -5.02. The highest BCUT2D eigenvalue weighted by Crippen LogP contribution is 2.51. The Bertz CT molecular complexity index is 2070. The summed E-state index contributed by atoms with van der Waals surface area (Å²) in [5, 5.41) is 5.09. The molecule has 1 aliphatic rings. The lowest BCUT2D eigenvalue weighted by atomic mass is 9.79. The molecule has 0 radical (unpaired) electrons. The van der Waals surface area contributed by atoms with Crippen LogP contribution < -0.4 is 21.2 Å². The number of amides is 2. The number of ether oxygens (including phenoxy) is 2. The van der Waals surface area contributed by atoms with Gasteiger partial charge in [-0.15, -0.1) is 0 Å². The molecule has 0 aliphatic carbocycles. The molecule has 0 unspecified atom stereocenters. The summed E-state index contributed by atoms with van der Waals surface area (Å²) >= 11 is 0. The van der Waals surface area contributed by atoms with E-state index in [-0.39, 0.29) is 35.2 Å². The van der Waals surface area contributed by atoms with Crippen LogP contribution in [0.1, 0.15) is 65.2 Å². The highest BCUT2D eigenvalue weighted by atomic mass is 31.2. The van der Waals surface area contributed by atoms with Crippen LogP contribution >= 0.6 is 6.89 Å². The van der Waals surface area contributed by atoms with Gasteiger partial charge in [-0.3, -0.25) is 14.9 Å². The largest absolute Gasteiger partial charge is 0.457 e. The van der Waals surface area contributed by atoms with Crippen LogP contribution in [0.15, 0.2) is 128 Å². The Morgan fingerprint density at radius 1 is 0.828 bits per heavy atom. The molecule has 9 nitrogen and oxygen atoms in total. The highest BCUT2D eigenvalue weighted by Gasteiger charge is 2.57. The third-order valence-corrected chi connectivity index (χ3v) is 19.6. The fourth-order valence-electron chi connectivity index (χ4n) is 7.14. The first-order valence-electron chi connectivity index (χ1n) is 19.7. The number of carbonyl (C=O) groups excluding carboxylic acids is 4. The number of nitrogens with zero attached hydrogens (tertiary/aromatic N) is 1. The molecule has 306 valence electrons. The summed E-state index contributed by atoms with van der Waals surface area (Å²) in [6, 6.07) is 35.1. The molecule has 1 aliphatic heterocycles. The average molecular weight is 821 g/mol. The van der Waals surface area contributed by atoms with Crippen LogP contribution in [0.5, 0.6) is 0 Å². The molecule has 4 aromatic carbocycles. The predicted molar refractivity (Wildman–Crippen MR) is 238 cm³/mol. The fourth-order valence-corrected chi connectivity index (χ4v) is 13.0. The van der Waals surface area contributed by atoms with E-state index in [0.29, 0.717) is 11.3 Å². The topological polar surface area (TPSA) is 111 Å². The van der Waals surface area contributed by atoms with Gasteiger partial charge in [-0.1, -0.05) is 137 Å². The molecule has 1 saturated heterocycles. The van der Waals surface area contributed by atoms with Crippen molar-refractivity contribution in [2.75, 3.05) is 11.9 Å². The van der Waals surface area contributed by atoms with E-state index in [2.05, 4.69) is 45.8 Å². The van der Waals surface area contributed by atoms with Crippen LogP contribution in [0.3, 0.4) is 0 Å². The van der Waals surface area contributed by atoms with Crippen molar-refractivity contribution in [3.63, 3.8) is 0 Å². The van der Waals surface area contributed by atoms with Gasteiger partial charge in [0.2, 0.25) is 5.91 Å². The van der Waals surface area contributed by atoms with Crippen molar-refractivity contribution in [1.82, 2.24) is 4.90 Å². The number of carbonyl (C=O) groups is 4. The zero-order valence-corrected chi connectivity index (χ0v) is 37.0. The Balaban J connectivity index is 1.76. The predicted octanol–water partition coefficient (Wildman–Crippen LogP) is 8.70. The summed E-state index contributed by atoms with van der Waals surface area (Å²) in [5.41, 5.74) is 0.177. The third-order valence-electron chi connectivity index (χ3n) is 10.8. The normalized spacial score (nSPS) is 16.4. The maximum Gasteiger partial charge on any atom is 0.412 e. The summed E-state index contributed by atoms with van der Waals surface area (Å²) in [7, 11) is -2.41. The van der Waals surface area contributed by atoms with Crippen LogP contribution in [-0.4, -0.2) is 66.7 Å². The highest BCUT2D eigenvalue weighted by molar-refractivity contribution is 7.96. The summed E-state index contributed by atoms with van der Waals surface area (Å²) < 4.78 is 18.3. The number of rotatable bonds is 14. The smallest absolute Gasteiger partial charge is 0.412 e. The molecular formula is C47H57N2O7PSi. The Kier molecular flexibility index (Phi) is 13.6. The second-order valence-corrected chi connectivity index (χ2v) is 25.2. The minimum Gasteiger partial charge on any atom is -0.457 e. The zero-order chi connectivity index (χ0) is 42.5. The van der Waals surface area contributed by atoms with Gasteiger partial charge in [-0.2, -0.15) is 0 Å². The van der Waals surface area contributed by atoms with Crippen molar-refractivity contribution in [3.8, 4) is 0 Å². The first-order chi connectivity index (χ1) is 27.3. The molecule has 1 heterocycles. The SMILES string of the molecule is C=CCOC(=O)C(N1C(=O)[C@H]([C@@H](C)O[Si](C)(C)C(C)(C)C)[C@H]1CC(=O)c1cccc(NC(=O)OC(C)(C)C)c1)=P(c1ccccc1)(c1ccccc1)c1ccccc1. The van der Waals surface area contributed by atoms with Crippen molar-refractivity contribution < 1.29 is 33.1 Å². The van der Waals surface area contributed by atoms with E-state index in [4.69, 9.17) is 13.9 Å². The number of β-lactam (4-membered cyclic amide) rings is 1. The van der Waals surface area contributed by atoms with Crippen molar-refractivity contribution in [2.24, 2.45) is 5.92 Å². The number of hydrogen-bond acceptors (Lipinski definition) is 7. The lowest BCUT2D eigenvalue weighted by Gasteiger charge is -2.53. The molecule has 2 amide bonds. The van der Waals surface area contributed by atoms with E-state index in [1.165, 1.54) is 6.08 Å². The maximum atomic E-state index is 15.2. The van der Waals surface area contributed by atoms with Crippen molar-refractivity contribution in [3.05, 3.63) is 133 Å². The molecule has 3 atom stereocenters. The molecular weight excluding hydrogens is 764 g/mol. The van der Waals surface area contributed by atoms with Crippen LogP contribution in [0.25, 0.3) is 0 Å². The molecule has 1 N–H and O–H groups in total. The van der Waals surface area contributed by atoms with E-state index in [9.17, 15) is 14.4 Å². The van der Waals surface area contributed by atoms with Crippen molar-refractivity contribution in [2.45, 2.75) is 90.8 Å². The first kappa shape index (κ1) is 44.1. The van der Waals surface area contributed by atoms with Gasteiger partial charge in [0.25, 0.3) is 0 Å². The number of likely N-dealkylation sites (tertiary alicyclic amines) is 1. The first-order valence-corrected chi connectivity index (χ1v) is 24.4. The van der Waals surface area contributed by atoms with Gasteiger partial charge in [0.15, 0.2) is 14.1 Å². The van der Waals surface area contributed by atoms with Gasteiger partial charge >= 0.3 is 12.1 Å². The van der Waals surface area contributed by atoms with Gasteiger partial charge in [0, 0.05) is 24.6 Å². The number of Topliss-reactive ketones (excluding diaryl/α,β-unsaturated/α-hetero) is 1. The second kappa shape index (κ2) is 17.9. The summed E-state index contributed by atoms with van der Waals surface area (Å²) in [4.78, 5) is 58.9. The molecule has 4 aromatic rings. The number of nitrogens with one attached hydrogen (secondary N) is 1. The quantitative estimate of drug-likeness (QED) is 0.0339. The average Bonchev–Trinajstić information content (AvgIpc) is 3.16. The Morgan fingerprint density at radius 3 is 1.81 bits per heavy atom. The van der Waals surface area contributed by atoms with Gasteiger partial charge in [-0.05, 0) is 73.9 Å². The molecule has 5 rings (SSSR count). The zero-order valence-electron chi connectivity index (χ0n) is 35.2. The standard InChI is InChI=1S/C47H57N2O7PSi/c1-11-30-54-44(52)43(57(36-24-15-12-16-25-36,37-26-17-13-18-27-37)38-28-19-14-20-29-38)49-39(41(42(49)51)33(2)56-58(9,10)47(6,7)8)32-40(50)34-22-21-23-35(31-34)48-45(53)55-46(3,4)5/h11-29,31,33,39,41H,1,30,32H2,2-10H3,(H,48,53)/t33-,39-,41-/m1/s1. The number of benzene rings is 4. The second-order valence-electron chi connectivity index (χ2n) is 17.1. The minimum absolute atomic E-state index is 0.0852. The molecule has 0 saturated carbocycles. The summed E-state index contributed by atoms with van der Waals surface area (Å²) in [5.74, 6) is -2.02. The number of hydrogen-bond donors (Lipinski definition) is 1. The molecule has 11 heteroatoms. The lowest BCUT2D eigenvalue weighted by Crippen LogP contribution is -2.69. The Labute approximate surface area is 344 Å². The molecule has 1 fully saturated rings. The number of esters is 1. The van der Waals surface area contributed by atoms with Crippen LogP contribution in [0.4, 0.5) is 10.5 Å². The maximum absolute atomic E-state index is 15.2. The van der Waals surface area contributed by atoms with Gasteiger partial charge in [-0.25, -0.2) is 9.59 Å². The van der Waals surface area contributed by atoms with Crippen LogP contribution in [0.2, 0.25) is 18.1 Å². The van der Waals surface area contributed by atoms with Crippen molar-refractivity contribution in [1.29, 1.82) is 0 Å². The van der Waals surface area contributed by atoms with Crippen molar-refractivity contribution >= 4 is 66.0 Å². The van der Waals surface area contributed by atoms with E-state index in [1.807, 2.05) is 97.9 Å². The van der Waals surface area contributed by atoms with Crippen LogP contribution in [-0.2, 0) is 23.5 Å².